The van der Waals surface area contributed by atoms with E-state index >= 15 is 0 Å². The van der Waals surface area contributed by atoms with Crippen LogP contribution in [-0.2, 0) is 0 Å². The number of carbonyl (C=O) groups excluding carboxylic acids is 1. The number of rotatable bonds is 3. The van der Waals surface area contributed by atoms with Crippen LogP contribution in [0.5, 0.6) is 0 Å². The Morgan fingerprint density at radius 3 is 2.75 bits per heavy atom. The molecule has 0 bridgehead atoms. The maximum Gasteiger partial charge on any atom is 0.338 e. The van der Waals surface area contributed by atoms with Crippen LogP contribution in [0.2, 0.25) is 0 Å². The van der Waals surface area contributed by atoms with Gasteiger partial charge in [0.2, 0.25) is 0 Å². The van der Waals surface area contributed by atoms with Crippen molar-refractivity contribution in [3.63, 3.8) is 0 Å². The Labute approximate surface area is 110 Å². The molecule has 0 aliphatic rings. The summed E-state index contributed by atoms with van der Waals surface area (Å²) < 4.78 is 6.33. The van der Waals surface area contributed by atoms with Gasteiger partial charge in [-0.15, -0.1) is 0 Å². The van der Waals surface area contributed by atoms with E-state index in [0.717, 1.165) is 6.26 Å². The largest absolute Gasteiger partial charge is 0.478 e. The smallest absolute Gasteiger partial charge is 0.338 e. The minimum Gasteiger partial charge on any atom is -0.478 e. The van der Waals surface area contributed by atoms with Crippen molar-refractivity contribution in [1.29, 1.82) is 0 Å². The molecule has 0 fully saturated rings. The van der Waals surface area contributed by atoms with Crippen molar-refractivity contribution in [2.24, 2.45) is 5.73 Å². The van der Waals surface area contributed by atoms with Crippen LogP contribution >= 0.6 is 0 Å². The van der Waals surface area contributed by atoms with Gasteiger partial charge in [-0.3, -0.25) is 9.78 Å². The summed E-state index contributed by atoms with van der Waals surface area (Å²) in [5, 5.41) is 13.4. The maximum absolute atomic E-state index is 11.1. The van der Waals surface area contributed by atoms with Crippen LogP contribution in [0.15, 0.2) is 29.3 Å². The Morgan fingerprint density at radius 1 is 1.30 bits per heavy atom. The Hall–Kier alpha value is -3.23. The molecule has 0 aliphatic heterocycles. The number of nitrogens with zero attached hydrogens (tertiary/aromatic N) is 4. The summed E-state index contributed by atoms with van der Waals surface area (Å²) in [6.45, 7) is 0. The van der Waals surface area contributed by atoms with Gasteiger partial charge in [0.1, 0.15) is 6.26 Å². The van der Waals surface area contributed by atoms with Crippen LogP contribution in [0.1, 0.15) is 20.8 Å². The summed E-state index contributed by atoms with van der Waals surface area (Å²) >= 11 is 0. The Kier molecular flexibility index (Phi) is 2.46. The molecule has 3 N–H and O–H groups in total. The van der Waals surface area contributed by atoms with Gasteiger partial charge in [-0.2, -0.15) is 14.8 Å². The van der Waals surface area contributed by atoms with Gasteiger partial charge >= 0.3 is 12.0 Å². The standard InChI is InChI=1S/C11H7N5O4/c12-9(17)7-4-20-11(15-7)16-8-3-13-1-6(10(18)19)5(8)2-14-16/h1-4H,(H2,12,17)(H,18,19). The zero-order valence-electron chi connectivity index (χ0n) is 9.85. The number of aromatic nitrogens is 4. The summed E-state index contributed by atoms with van der Waals surface area (Å²) in [4.78, 5) is 29.7. The van der Waals surface area contributed by atoms with Crippen molar-refractivity contribution in [1.82, 2.24) is 19.7 Å². The Morgan fingerprint density at radius 2 is 2.10 bits per heavy atom. The molecule has 0 saturated heterocycles. The number of primary amides is 1. The van der Waals surface area contributed by atoms with Crippen LogP contribution < -0.4 is 5.73 Å². The number of pyridine rings is 1. The van der Waals surface area contributed by atoms with E-state index in [1.807, 2.05) is 0 Å². The molecule has 3 heterocycles. The fourth-order valence-corrected chi connectivity index (χ4v) is 1.74. The highest BCUT2D eigenvalue weighted by Gasteiger charge is 2.17. The summed E-state index contributed by atoms with van der Waals surface area (Å²) in [6.07, 6.45) is 5.10. The van der Waals surface area contributed by atoms with Crippen LogP contribution in [0.25, 0.3) is 16.9 Å². The first kappa shape index (κ1) is 11.8. The lowest BCUT2D eigenvalue weighted by molar-refractivity contribution is 0.0698. The molecular formula is C11H7N5O4. The number of hydrogen-bond acceptors (Lipinski definition) is 6. The molecule has 3 aromatic rings. The fourth-order valence-electron chi connectivity index (χ4n) is 1.74. The van der Waals surface area contributed by atoms with Gasteiger partial charge in [0.15, 0.2) is 5.69 Å². The van der Waals surface area contributed by atoms with Gasteiger partial charge in [-0.1, -0.05) is 0 Å². The first-order chi connectivity index (χ1) is 9.58. The molecule has 1 amide bonds. The van der Waals surface area contributed by atoms with E-state index < -0.39 is 11.9 Å². The number of carboxylic acids is 1. The third-order valence-electron chi connectivity index (χ3n) is 2.65. The van der Waals surface area contributed by atoms with E-state index in [0.29, 0.717) is 10.9 Å². The lowest BCUT2D eigenvalue weighted by Crippen LogP contribution is -2.11. The van der Waals surface area contributed by atoms with Gasteiger partial charge < -0.3 is 15.3 Å². The molecule has 3 aromatic heterocycles. The number of nitrogens with two attached hydrogens (primary N) is 1. The molecule has 20 heavy (non-hydrogen) atoms. The predicted octanol–water partition coefficient (Wildman–Crippen LogP) is 0.206. The molecule has 0 atom stereocenters. The Balaban J connectivity index is 2.19. The van der Waals surface area contributed by atoms with Crippen molar-refractivity contribution in [3.8, 4) is 6.01 Å². The maximum atomic E-state index is 11.1. The number of carboxylic acid groups (broad SMARTS) is 1. The molecule has 9 nitrogen and oxygen atoms in total. The highest BCUT2D eigenvalue weighted by molar-refractivity contribution is 6.02. The van der Waals surface area contributed by atoms with Crippen molar-refractivity contribution in [2.75, 3.05) is 0 Å². The van der Waals surface area contributed by atoms with Crippen LogP contribution in [-0.4, -0.2) is 36.7 Å². The van der Waals surface area contributed by atoms with Crippen molar-refractivity contribution < 1.29 is 19.1 Å². The predicted molar refractivity (Wildman–Crippen MR) is 64.4 cm³/mol. The fraction of sp³-hybridized carbons (Fsp3) is 0. The van der Waals surface area contributed by atoms with E-state index in [4.69, 9.17) is 15.3 Å². The quantitative estimate of drug-likeness (QED) is 0.695. The third-order valence-corrected chi connectivity index (χ3v) is 2.65. The summed E-state index contributed by atoms with van der Waals surface area (Å²) in [7, 11) is 0. The van der Waals surface area contributed by atoms with E-state index in [1.54, 1.807) is 0 Å². The molecule has 0 aliphatic carbocycles. The first-order valence-electron chi connectivity index (χ1n) is 5.38. The highest BCUT2D eigenvalue weighted by Crippen LogP contribution is 2.20. The normalized spacial score (nSPS) is 10.8. The van der Waals surface area contributed by atoms with Gasteiger partial charge in [0.05, 0.1) is 23.5 Å². The molecule has 0 unspecified atom stereocenters. The second-order valence-corrected chi connectivity index (χ2v) is 3.86. The van der Waals surface area contributed by atoms with Gasteiger partial charge in [0, 0.05) is 11.6 Å². The van der Waals surface area contributed by atoms with E-state index in [2.05, 4.69) is 15.1 Å². The second-order valence-electron chi connectivity index (χ2n) is 3.86. The zero-order valence-corrected chi connectivity index (χ0v) is 9.85. The summed E-state index contributed by atoms with van der Waals surface area (Å²) in [5.74, 6) is -1.85. The average Bonchev–Trinajstić information content (AvgIpc) is 3.03. The molecular weight excluding hydrogens is 266 g/mol. The van der Waals surface area contributed by atoms with Gasteiger partial charge in [0.25, 0.3) is 5.91 Å². The number of hydrogen-bond donors (Lipinski definition) is 2. The average molecular weight is 273 g/mol. The van der Waals surface area contributed by atoms with Crippen molar-refractivity contribution >= 4 is 22.8 Å². The van der Waals surface area contributed by atoms with Crippen molar-refractivity contribution in [2.45, 2.75) is 0 Å². The number of fused-ring (bicyclic) bond motifs is 1. The van der Waals surface area contributed by atoms with E-state index in [-0.39, 0.29) is 17.3 Å². The van der Waals surface area contributed by atoms with Crippen LogP contribution in [0.4, 0.5) is 0 Å². The lowest BCUT2D eigenvalue weighted by atomic mass is 10.2. The molecule has 0 spiro atoms. The number of amides is 1. The highest BCUT2D eigenvalue weighted by atomic mass is 16.4. The minimum absolute atomic E-state index is 0.00172. The second kappa shape index (κ2) is 4.16. The van der Waals surface area contributed by atoms with E-state index in [9.17, 15) is 9.59 Å². The summed E-state index contributed by atoms with van der Waals surface area (Å²) in [6, 6.07) is -0.00172. The van der Waals surface area contributed by atoms with Crippen molar-refractivity contribution in [3.05, 3.63) is 36.1 Å². The SMILES string of the molecule is NC(=O)c1coc(-n2ncc3c(C(=O)O)cncc32)n1. The van der Waals surface area contributed by atoms with Gasteiger partial charge in [-0.05, 0) is 0 Å². The number of oxazole rings is 1. The van der Waals surface area contributed by atoms with E-state index in [1.165, 1.54) is 23.3 Å². The first-order valence-corrected chi connectivity index (χ1v) is 5.38. The van der Waals surface area contributed by atoms with Crippen LogP contribution in [0.3, 0.4) is 0 Å². The molecule has 0 radical (unpaired) electrons. The zero-order chi connectivity index (χ0) is 14.3. The summed E-state index contributed by atoms with van der Waals surface area (Å²) in [5.41, 5.74) is 5.43. The molecule has 0 aromatic carbocycles. The number of carbonyl (C=O) groups is 2. The monoisotopic (exact) mass is 273 g/mol. The van der Waals surface area contributed by atoms with Crippen LogP contribution in [0, 0.1) is 0 Å². The third kappa shape index (κ3) is 1.68. The Bertz CT molecular complexity index is 834. The minimum atomic E-state index is -1.12. The molecule has 3 rings (SSSR count). The molecule has 100 valence electrons. The molecule has 0 saturated carbocycles. The van der Waals surface area contributed by atoms with Gasteiger partial charge in [-0.25, -0.2) is 4.79 Å². The topological polar surface area (TPSA) is 137 Å². The number of aromatic carboxylic acids is 1. The lowest BCUT2D eigenvalue weighted by Gasteiger charge is -1.98. The molecule has 9 heteroatoms.